The first kappa shape index (κ1) is 19.9. The molecule has 4 fully saturated rings. The van der Waals surface area contributed by atoms with E-state index in [2.05, 4.69) is 16.0 Å². The van der Waals surface area contributed by atoms with Crippen LogP contribution in [-0.4, -0.2) is 31.3 Å². The predicted octanol–water partition coefficient (Wildman–Crippen LogP) is 3.10. The lowest BCUT2D eigenvalue weighted by atomic mass is 9.49. The first-order valence-electron chi connectivity index (χ1n) is 10.9. The van der Waals surface area contributed by atoms with Crippen molar-refractivity contribution >= 4 is 23.4 Å². The van der Waals surface area contributed by atoms with Gasteiger partial charge in [-0.15, -0.1) is 0 Å². The smallest absolute Gasteiger partial charge is 0.251 e. The molecule has 3 amide bonds. The number of amides is 3. The highest BCUT2D eigenvalue weighted by Gasteiger charge is 2.54. The van der Waals surface area contributed by atoms with Crippen LogP contribution in [0.3, 0.4) is 0 Å². The first-order chi connectivity index (χ1) is 14.0. The van der Waals surface area contributed by atoms with Crippen LogP contribution in [0.15, 0.2) is 24.3 Å². The summed E-state index contributed by atoms with van der Waals surface area (Å²) in [7, 11) is 1.58. The number of anilines is 1. The third-order valence-electron chi connectivity index (χ3n) is 7.04. The molecule has 1 aromatic carbocycles. The van der Waals surface area contributed by atoms with Gasteiger partial charge in [-0.3, -0.25) is 14.4 Å². The molecule has 0 saturated heterocycles. The third-order valence-corrected chi connectivity index (χ3v) is 7.04. The molecule has 0 aromatic heterocycles. The van der Waals surface area contributed by atoms with Crippen molar-refractivity contribution < 1.29 is 14.4 Å². The SMILES string of the molecule is CNC(=O)c1ccc(NC(=O)CCCNC(=O)C23CC4CC(CC(C4)C2)C3)cc1. The van der Waals surface area contributed by atoms with Gasteiger partial charge < -0.3 is 16.0 Å². The van der Waals surface area contributed by atoms with Gasteiger partial charge in [0.2, 0.25) is 11.8 Å². The third kappa shape index (κ3) is 4.31. The maximum atomic E-state index is 12.9. The van der Waals surface area contributed by atoms with Gasteiger partial charge in [-0.2, -0.15) is 0 Å². The molecular weight excluding hydrogens is 366 g/mol. The zero-order valence-electron chi connectivity index (χ0n) is 17.1. The summed E-state index contributed by atoms with van der Waals surface area (Å²) in [4.78, 5) is 36.6. The highest BCUT2D eigenvalue weighted by Crippen LogP contribution is 2.60. The van der Waals surface area contributed by atoms with E-state index in [4.69, 9.17) is 0 Å². The number of rotatable bonds is 7. The van der Waals surface area contributed by atoms with Crippen molar-refractivity contribution in [2.24, 2.45) is 23.2 Å². The fourth-order valence-electron chi connectivity index (χ4n) is 6.10. The Morgan fingerprint density at radius 3 is 2.10 bits per heavy atom. The van der Waals surface area contributed by atoms with Crippen LogP contribution in [0.1, 0.15) is 61.7 Å². The Morgan fingerprint density at radius 1 is 0.966 bits per heavy atom. The van der Waals surface area contributed by atoms with E-state index < -0.39 is 0 Å². The van der Waals surface area contributed by atoms with Crippen LogP contribution in [0.2, 0.25) is 0 Å². The van der Waals surface area contributed by atoms with Crippen LogP contribution in [0, 0.1) is 23.2 Å². The van der Waals surface area contributed by atoms with Gasteiger partial charge in [0.25, 0.3) is 5.91 Å². The number of carbonyl (C=O) groups excluding carboxylic acids is 3. The minimum Gasteiger partial charge on any atom is -0.356 e. The lowest BCUT2D eigenvalue weighted by Gasteiger charge is -2.55. The van der Waals surface area contributed by atoms with Gasteiger partial charge >= 0.3 is 0 Å². The van der Waals surface area contributed by atoms with Gasteiger partial charge in [0, 0.05) is 36.7 Å². The molecule has 156 valence electrons. The second-order valence-corrected chi connectivity index (χ2v) is 9.26. The fourth-order valence-corrected chi connectivity index (χ4v) is 6.10. The Bertz CT molecular complexity index is 752. The summed E-state index contributed by atoms with van der Waals surface area (Å²) >= 11 is 0. The number of carbonyl (C=O) groups is 3. The summed E-state index contributed by atoms with van der Waals surface area (Å²) in [5, 5.41) is 8.53. The molecular formula is C23H31N3O3. The Balaban J connectivity index is 1.19. The summed E-state index contributed by atoms with van der Waals surface area (Å²) in [6.07, 6.45) is 8.18. The van der Waals surface area contributed by atoms with Crippen LogP contribution >= 0.6 is 0 Å². The molecule has 6 nitrogen and oxygen atoms in total. The number of nitrogens with one attached hydrogen (secondary N) is 3. The van der Waals surface area contributed by atoms with Crippen LogP contribution in [0.25, 0.3) is 0 Å². The van der Waals surface area contributed by atoms with Gasteiger partial charge in [-0.1, -0.05) is 0 Å². The van der Waals surface area contributed by atoms with E-state index in [1.54, 1.807) is 31.3 Å². The van der Waals surface area contributed by atoms with Crippen molar-refractivity contribution in [2.45, 2.75) is 51.4 Å². The minimum absolute atomic E-state index is 0.0817. The van der Waals surface area contributed by atoms with Crippen LogP contribution < -0.4 is 16.0 Å². The van der Waals surface area contributed by atoms with Gasteiger partial charge in [-0.25, -0.2) is 0 Å². The molecule has 0 unspecified atom stereocenters. The van der Waals surface area contributed by atoms with Gasteiger partial charge in [0.1, 0.15) is 0 Å². The topological polar surface area (TPSA) is 87.3 Å². The molecule has 4 saturated carbocycles. The zero-order valence-corrected chi connectivity index (χ0v) is 17.1. The Morgan fingerprint density at radius 2 is 1.55 bits per heavy atom. The van der Waals surface area contributed by atoms with Crippen molar-refractivity contribution in [3.63, 3.8) is 0 Å². The maximum Gasteiger partial charge on any atom is 0.251 e. The van der Waals surface area contributed by atoms with E-state index in [0.717, 1.165) is 37.0 Å². The predicted molar refractivity (Wildman–Crippen MR) is 111 cm³/mol. The molecule has 4 aliphatic rings. The lowest BCUT2D eigenvalue weighted by molar-refractivity contribution is -0.146. The van der Waals surface area contributed by atoms with Crippen LogP contribution in [-0.2, 0) is 9.59 Å². The number of benzene rings is 1. The van der Waals surface area contributed by atoms with E-state index in [1.165, 1.54) is 19.3 Å². The average molecular weight is 398 g/mol. The Labute approximate surface area is 172 Å². The molecule has 29 heavy (non-hydrogen) atoms. The van der Waals surface area contributed by atoms with E-state index in [9.17, 15) is 14.4 Å². The van der Waals surface area contributed by atoms with Crippen molar-refractivity contribution in [3.8, 4) is 0 Å². The highest BCUT2D eigenvalue weighted by molar-refractivity contribution is 5.95. The monoisotopic (exact) mass is 397 g/mol. The van der Waals surface area contributed by atoms with Gasteiger partial charge in [0.05, 0.1) is 0 Å². The summed E-state index contributed by atoms with van der Waals surface area (Å²) in [5.41, 5.74) is 1.10. The normalized spacial score (nSPS) is 29.3. The van der Waals surface area contributed by atoms with Crippen molar-refractivity contribution in [2.75, 3.05) is 18.9 Å². The minimum atomic E-state index is -0.155. The summed E-state index contributed by atoms with van der Waals surface area (Å²) in [6.45, 7) is 0.545. The second kappa shape index (κ2) is 8.17. The number of hydrogen-bond donors (Lipinski definition) is 3. The largest absolute Gasteiger partial charge is 0.356 e. The molecule has 0 atom stereocenters. The average Bonchev–Trinajstić information content (AvgIpc) is 2.70. The molecule has 0 spiro atoms. The zero-order chi connectivity index (χ0) is 20.4. The van der Waals surface area contributed by atoms with Crippen molar-refractivity contribution in [1.82, 2.24) is 10.6 Å². The summed E-state index contributed by atoms with van der Waals surface area (Å²) in [5.74, 6) is 2.26. The van der Waals surface area contributed by atoms with Gasteiger partial charge in [0.15, 0.2) is 0 Å². The van der Waals surface area contributed by atoms with E-state index >= 15 is 0 Å². The molecule has 4 bridgehead atoms. The Hall–Kier alpha value is -2.37. The lowest BCUT2D eigenvalue weighted by Crippen LogP contribution is -2.53. The second-order valence-electron chi connectivity index (χ2n) is 9.26. The molecule has 1 aromatic rings. The van der Waals surface area contributed by atoms with E-state index in [0.29, 0.717) is 30.6 Å². The molecule has 6 heteroatoms. The fraction of sp³-hybridized carbons (Fsp3) is 0.609. The Kier molecular flexibility index (Phi) is 5.61. The van der Waals surface area contributed by atoms with Crippen molar-refractivity contribution in [3.05, 3.63) is 29.8 Å². The van der Waals surface area contributed by atoms with E-state index in [1.807, 2.05) is 0 Å². The van der Waals surface area contributed by atoms with Crippen molar-refractivity contribution in [1.29, 1.82) is 0 Å². The first-order valence-corrected chi connectivity index (χ1v) is 10.9. The molecule has 0 radical (unpaired) electrons. The standard InChI is InChI=1S/C23H31N3O3/c1-24-21(28)18-4-6-19(7-5-18)26-20(27)3-2-8-25-22(29)23-12-15-9-16(13-23)11-17(10-15)14-23/h4-7,15-17H,2-3,8-14H2,1H3,(H,24,28)(H,25,29)(H,26,27). The molecule has 0 aliphatic heterocycles. The summed E-state index contributed by atoms with van der Waals surface area (Å²) in [6, 6.07) is 6.80. The molecule has 5 rings (SSSR count). The van der Waals surface area contributed by atoms with Crippen LogP contribution in [0.5, 0.6) is 0 Å². The van der Waals surface area contributed by atoms with E-state index in [-0.39, 0.29) is 23.1 Å². The summed E-state index contributed by atoms with van der Waals surface area (Å²) < 4.78 is 0. The maximum absolute atomic E-state index is 12.9. The highest BCUT2D eigenvalue weighted by atomic mass is 16.2. The molecule has 0 heterocycles. The van der Waals surface area contributed by atoms with Gasteiger partial charge in [-0.05, 0) is 87.0 Å². The number of hydrogen-bond acceptors (Lipinski definition) is 3. The quantitative estimate of drug-likeness (QED) is 0.618. The molecule has 3 N–H and O–H groups in total. The van der Waals surface area contributed by atoms with Crippen LogP contribution in [0.4, 0.5) is 5.69 Å². The molecule has 4 aliphatic carbocycles.